The van der Waals surface area contributed by atoms with Crippen molar-refractivity contribution in [2.45, 2.75) is 13.1 Å². The Labute approximate surface area is 155 Å². The van der Waals surface area contributed by atoms with E-state index in [0.717, 1.165) is 21.7 Å². The zero-order valence-corrected chi connectivity index (χ0v) is 15.0. The van der Waals surface area contributed by atoms with E-state index in [-0.39, 0.29) is 5.91 Å². The van der Waals surface area contributed by atoms with Crippen LogP contribution in [0, 0.1) is 0 Å². The maximum absolute atomic E-state index is 12.8. The lowest BCUT2D eigenvalue weighted by molar-refractivity contribution is 0.0701. The molecule has 0 saturated heterocycles. The molecule has 0 spiro atoms. The highest BCUT2D eigenvalue weighted by Gasteiger charge is 2.27. The van der Waals surface area contributed by atoms with Crippen molar-refractivity contribution in [2.24, 2.45) is 0 Å². The highest BCUT2D eigenvalue weighted by molar-refractivity contribution is 9.10. The number of carbonyl (C=O) groups is 1. The average Bonchev–Trinajstić information content (AvgIpc) is 3.38. The third kappa shape index (κ3) is 2.41. The summed E-state index contributed by atoms with van der Waals surface area (Å²) in [4.78, 5) is 18.8. The molecule has 130 valence electrons. The largest absolute Gasteiger partial charge is 0.472 e. The number of nitrogens with zero attached hydrogens (tertiary/aromatic N) is 7. The Morgan fingerprint density at radius 2 is 2.19 bits per heavy atom. The fourth-order valence-corrected chi connectivity index (χ4v) is 3.35. The number of carbonyl (C=O) groups excluding carboxylic acids is 1. The molecular weight excluding hydrogens is 402 g/mol. The minimum atomic E-state index is -0.147. The Morgan fingerprint density at radius 1 is 1.27 bits per heavy atom. The number of hydrogen-bond acceptors (Lipinski definition) is 6. The first kappa shape index (κ1) is 15.3. The van der Waals surface area contributed by atoms with E-state index in [2.05, 4.69) is 36.2 Å². The number of aromatic nitrogens is 6. The van der Waals surface area contributed by atoms with Gasteiger partial charge in [0, 0.05) is 31.5 Å². The van der Waals surface area contributed by atoms with Crippen molar-refractivity contribution in [3.63, 3.8) is 0 Å². The van der Waals surface area contributed by atoms with Crippen LogP contribution < -0.4 is 0 Å². The molecule has 0 saturated carbocycles. The van der Waals surface area contributed by atoms with Crippen LogP contribution in [0.15, 0.2) is 45.9 Å². The van der Waals surface area contributed by atoms with Gasteiger partial charge in [-0.15, -0.1) is 10.2 Å². The quantitative estimate of drug-likeness (QED) is 0.498. The normalized spacial score (nSPS) is 14.0. The second-order valence-corrected chi connectivity index (χ2v) is 6.85. The molecule has 4 aromatic rings. The minimum absolute atomic E-state index is 0.147. The Morgan fingerprint density at radius 3 is 3.04 bits per heavy atom. The Balaban J connectivity index is 1.42. The van der Waals surface area contributed by atoms with Gasteiger partial charge in [0.25, 0.3) is 5.91 Å². The van der Waals surface area contributed by atoms with Gasteiger partial charge in [0.1, 0.15) is 6.26 Å². The van der Waals surface area contributed by atoms with Crippen LogP contribution in [0.3, 0.4) is 0 Å². The van der Waals surface area contributed by atoms with Gasteiger partial charge in [-0.05, 0) is 22.0 Å². The second kappa shape index (κ2) is 5.77. The molecule has 0 aromatic carbocycles. The number of amides is 1. The molecule has 9 nitrogen and oxygen atoms in total. The fourth-order valence-electron chi connectivity index (χ4n) is 3.06. The number of rotatable bonds is 2. The van der Waals surface area contributed by atoms with Crippen molar-refractivity contribution in [3.05, 3.63) is 53.0 Å². The molecule has 4 aromatic heterocycles. The molecule has 0 unspecified atom stereocenters. The van der Waals surface area contributed by atoms with Crippen molar-refractivity contribution in [1.29, 1.82) is 0 Å². The Kier molecular flexibility index (Phi) is 3.38. The first-order valence-electron chi connectivity index (χ1n) is 7.94. The van der Waals surface area contributed by atoms with Gasteiger partial charge in [-0.1, -0.05) is 0 Å². The van der Waals surface area contributed by atoms with E-state index < -0.39 is 0 Å². The van der Waals surface area contributed by atoms with Crippen LogP contribution in [-0.4, -0.2) is 46.7 Å². The van der Waals surface area contributed by atoms with Crippen molar-refractivity contribution in [2.75, 3.05) is 6.54 Å². The number of fused-ring (bicyclic) bond motifs is 2. The van der Waals surface area contributed by atoms with E-state index in [9.17, 15) is 4.79 Å². The molecule has 0 fully saturated rings. The molecule has 0 atom stereocenters. The number of hydrogen-bond donors (Lipinski definition) is 0. The smallest absolute Gasteiger partial charge is 0.274 e. The average molecular weight is 414 g/mol. The van der Waals surface area contributed by atoms with Crippen LogP contribution in [0.5, 0.6) is 0 Å². The van der Waals surface area contributed by atoms with Gasteiger partial charge in [-0.25, -0.2) is 9.50 Å². The fraction of sp³-hybridized carbons (Fsp3) is 0.188. The van der Waals surface area contributed by atoms with E-state index in [1.165, 1.54) is 0 Å². The van der Waals surface area contributed by atoms with Crippen molar-refractivity contribution in [3.8, 4) is 11.4 Å². The van der Waals surface area contributed by atoms with Gasteiger partial charge in [-0.3, -0.25) is 4.79 Å². The molecule has 5 rings (SSSR count). The SMILES string of the molecule is O=C(c1cc2ncc(Br)cn2n1)N1CCn2c(nnc2-c2ccoc2)C1. The van der Waals surface area contributed by atoms with E-state index in [0.29, 0.717) is 31.0 Å². The summed E-state index contributed by atoms with van der Waals surface area (Å²) < 4.78 is 9.51. The molecule has 0 N–H and O–H groups in total. The van der Waals surface area contributed by atoms with Crippen molar-refractivity contribution in [1.82, 2.24) is 34.3 Å². The van der Waals surface area contributed by atoms with E-state index in [4.69, 9.17) is 4.42 Å². The molecule has 0 bridgehead atoms. The van der Waals surface area contributed by atoms with E-state index in [1.807, 2.05) is 10.6 Å². The number of halogens is 1. The van der Waals surface area contributed by atoms with Crippen LogP contribution in [0.1, 0.15) is 16.3 Å². The number of furan rings is 1. The predicted molar refractivity (Wildman–Crippen MR) is 93.2 cm³/mol. The summed E-state index contributed by atoms with van der Waals surface area (Å²) >= 11 is 3.35. The topological polar surface area (TPSA) is 94.4 Å². The molecule has 0 radical (unpaired) electrons. The summed E-state index contributed by atoms with van der Waals surface area (Å²) in [5, 5.41) is 12.8. The van der Waals surface area contributed by atoms with Crippen molar-refractivity contribution < 1.29 is 9.21 Å². The highest BCUT2D eigenvalue weighted by atomic mass is 79.9. The summed E-state index contributed by atoms with van der Waals surface area (Å²) in [6, 6.07) is 3.53. The minimum Gasteiger partial charge on any atom is -0.472 e. The van der Waals surface area contributed by atoms with E-state index >= 15 is 0 Å². The molecule has 10 heteroatoms. The lowest BCUT2D eigenvalue weighted by atomic mass is 10.2. The van der Waals surface area contributed by atoms with Gasteiger partial charge in [0.15, 0.2) is 23.0 Å². The molecule has 0 aliphatic carbocycles. The molecule has 1 aliphatic heterocycles. The monoisotopic (exact) mass is 413 g/mol. The standard InChI is InChI=1S/C16H12BrN7O2/c17-11-6-18-13-5-12(21-24(13)7-11)16(25)22-2-3-23-14(8-22)19-20-15(23)10-1-4-26-9-10/h1,4-7,9H,2-3,8H2. The molecule has 5 heterocycles. The lowest BCUT2D eigenvalue weighted by Gasteiger charge is -2.27. The van der Waals surface area contributed by atoms with Crippen LogP contribution in [0.25, 0.3) is 17.0 Å². The summed E-state index contributed by atoms with van der Waals surface area (Å²) in [6.45, 7) is 1.56. The molecule has 26 heavy (non-hydrogen) atoms. The van der Waals surface area contributed by atoms with Crippen LogP contribution in [0.2, 0.25) is 0 Å². The maximum Gasteiger partial charge on any atom is 0.274 e. The van der Waals surface area contributed by atoms with Crippen LogP contribution >= 0.6 is 15.9 Å². The van der Waals surface area contributed by atoms with Gasteiger partial charge >= 0.3 is 0 Å². The van der Waals surface area contributed by atoms with Gasteiger partial charge in [0.05, 0.1) is 22.8 Å². The van der Waals surface area contributed by atoms with Gasteiger partial charge in [0.2, 0.25) is 0 Å². The maximum atomic E-state index is 12.8. The van der Waals surface area contributed by atoms with Crippen molar-refractivity contribution >= 4 is 27.5 Å². The summed E-state index contributed by atoms with van der Waals surface area (Å²) in [5.41, 5.74) is 1.86. The van der Waals surface area contributed by atoms with Gasteiger partial charge < -0.3 is 13.9 Å². The molecular formula is C16H12BrN7O2. The third-order valence-corrected chi connectivity index (χ3v) is 4.73. The second-order valence-electron chi connectivity index (χ2n) is 5.93. The molecule has 1 aliphatic rings. The third-order valence-electron chi connectivity index (χ3n) is 4.32. The van der Waals surface area contributed by atoms with Gasteiger partial charge in [-0.2, -0.15) is 5.10 Å². The van der Waals surface area contributed by atoms with Crippen LogP contribution in [0.4, 0.5) is 0 Å². The lowest BCUT2D eigenvalue weighted by Crippen LogP contribution is -2.38. The summed E-state index contributed by atoms with van der Waals surface area (Å²) in [6.07, 6.45) is 6.68. The zero-order chi connectivity index (χ0) is 17.7. The summed E-state index contributed by atoms with van der Waals surface area (Å²) in [7, 11) is 0. The predicted octanol–water partition coefficient (Wildman–Crippen LogP) is 2.00. The Hall–Kier alpha value is -3.01. The molecule has 1 amide bonds. The zero-order valence-electron chi connectivity index (χ0n) is 13.4. The first-order chi connectivity index (χ1) is 12.7. The van der Waals surface area contributed by atoms with E-state index in [1.54, 1.807) is 40.4 Å². The summed E-state index contributed by atoms with van der Waals surface area (Å²) in [5.74, 6) is 1.35. The van der Waals surface area contributed by atoms with Crippen LogP contribution in [-0.2, 0) is 13.1 Å². The Bertz CT molecular complexity index is 1120. The highest BCUT2D eigenvalue weighted by Crippen LogP contribution is 2.23. The first-order valence-corrected chi connectivity index (χ1v) is 8.73.